The summed E-state index contributed by atoms with van der Waals surface area (Å²) in [5.41, 5.74) is 0.426. The van der Waals surface area contributed by atoms with Gasteiger partial charge in [-0.3, -0.25) is 0 Å². The molecule has 0 N–H and O–H groups in total. The molecule has 0 amide bonds. The van der Waals surface area contributed by atoms with Crippen molar-refractivity contribution in [1.29, 1.82) is 0 Å². The predicted octanol–water partition coefficient (Wildman–Crippen LogP) is 1.85. The van der Waals surface area contributed by atoms with Crippen LogP contribution >= 0.6 is 23.2 Å². The Labute approximate surface area is 114 Å². The minimum atomic E-state index is -0.613. The number of aromatic nitrogens is 2. The molecule has 0 radical (unpaired) electrons. The lowest BCUT2D eigenvalue weighted by molar-refractivity contribution is -0.0445. The Balaban J connectivity index is 2.12. The van der Waals surface area contributed by atoms with Gasteiger partial charge in [-0.05, 0) is 0 Å². The number of ether oxygens (including phenoxy) is 4. The molecule has 0 bridgehead atoms. The van der Waals surface area contributed by atoms with Crippen LogP contribution in [0.3, 0.4) is 0 Å². The highest BCUT2D eigenvalue weighted by atomic mass is 35.5. The summed E-state index contributed by atoms with van der Waals surface area (Å²) in [6.07, 6.45) is -0.613. The molecule has 0 atom stereocenters. The summed E-state index contributed by atoms with van der Waals surface area (Å²) in [7, 11) is 1.57. The molecule has 2 heterocycles. The van der Waals surface area contributed by atoms with Crippen molar-refractivity contribution in [3.63, 3.8) is 0 Å². The zero-order chi connectivity index (χ0) is 13.0. The molecule has 1 aromatic rings. The molecule has 8 heteroatoms. The average Bonchev–Trinajstić information content (AvgIpc) is 2.82. The van der Waals surface area contributed by atoms with Crippen molar-refractivity contribution in [2.45, 2.75) is 6.29 Å². The molecular weight excluding hydrogens is 283 g/mol. The van der Waals surface area contributed by atoms with Gasteiger partial charge in [0.1, 0.15) is 16.9 Å². The summed E-state index contributed by atoms with van der Waals surface area (Å²) in [5, 5.41) is 0.323. The quantitative estimate of drug-likeness (QED) is 0.610. The maximum absolute atomic E-state index is 6.02. The highest BCUT2D eigenvalue weighted by molar-refractivity contribution is 6.34. The monoisotopic (exact) mass is 294 g/mol. The maximum Gasteiger partial charge on any atom is 0.319 e. The van der Waals surface area contributed by atoms with Crippen molar-refractivity contribution < 1.29 is 18.9 Å². The van der Waals surface area contributed by atoms with Crippen LogP contribution in [0, 0.1) is 0 Å². The molecule has 0 saturated carbocycles. The first-order valence-electron chi connectivity index (χ1n) is 5.30. The summed E-state index contributed by atoms with van der Waals surface area (Å²) in [5.74, 6) is 0. The molecule has 1 saturated heterocycles. The number of hydrogen-bond donors (Lipinski definition) is 0. The van der Waals surface area contributed by atoms with Gasteiger partial charge in [0, 0.05) is 7.11 Å². The second-order valence-corrected chi connectivity index (χ2v) is 4.13. The molecular formula is C10H12Cl2N2O4. The van der Waals surface area contributed by atoms with Crippen molar-refractivity contribution in [3.8, 4) is 6.01 Å². The Kier molecular flexibility index (Phi) is 4.96. The van der Waals surface area contributed by atoms with Gasteiger partial charge in [-0.1, -0.05) is 23.2 Å². The van der Waals surface area contributed by atoms with Crippen LogP contribution in [0.25, 0.3) is 0 Å². The molecule has 0 spiro atoms. The van der Waals surface area contributed by atoms with Crippen molar-refractivity contribution in [2.75, 3.05) is 33.5 Å². The summed E-state index contributed by atoms with van der Waals surface area (Å²) < 4.78 is 20.7. The Morgan fingerprint density at radius 1 is 1.17 bits per heavy atom. The van der Waals surface area contributed by atoms with Crippen LogP contribution in [0.2, 0.25) is 10.3 Å². The first-order chi connectivity index (χ1) is 8.72. The van der Waals surface area contributed by atoms with Gasteiger partial charge >= 0.3 is 6.01 Å². The third-order valence-electron chi connectivity index (χ3n) is 2.21. The second-order valence-electron chi connectivity index (χ2n) is 3.42. The molecule has 2 rings (SSSR count). The van der Waals surface area contributed by atoms with E-state index >= 15 is 0 Å². The van der Waals surface area contributed by atoms with E-state index < -0.39 is 6.29 Å². The Morgan fingerprint density at radius 3 is 2.33 bits per heavy atom. The van der Waals surface area contributed by atoms with Crippen molar-refractivity contribution in [3.05, 3.63) is 15.9 Å². The van der Waals surface area contributed by atoms with Gasteiger partial charge in [-0.15, -0.1) is 0 Å². The van der Waals surface area contributed by atoms with E-state index in [9.17, 15) is 0 Å². The normalized spacial score (nSPS) is 16.2. The van der Waals surface area contributed by atoms with Crippen molar-refractivity contribution in [1.82, 2.24) is 9.97 Å². The summed E-state index contributed by atoms with van der Waals surface area (Å²) in [6, 6.07) is 0.101. The van der Waals surface area contributed by atoms with Gasteiger partial charge in [-0.2, -0.15) is 9.97 Å². The highest BCUT2D eigenvalue weighted by Crippen LogP contribution is 2.34. The Hall–Kier alpha value is -0.660. The van der Waals surface area contributed by atoms with Gasteiger partial charge < -0.3 is 18.9 Å². The molecule has 0 aliphatic carbocycles. The lowest BCUT2D eigenvalue weighted by Crippen LogP contribution is -2.09. The third-order valence-corrected chi connectivity index (χ3v) is 2.78. The van der Waals surface area contributed by atoms with Gasteiger partial charge in [0.05, 0.1) is 25.4 Å². The summed E-state index contributed by atoms with van der Waals surface area (Å²) in [4.78, 5) is 7.96. The number of methoxy groups -OCH3 is 1. The fourth-order valence-corrected chi connectivity index (χ4v) is 1.95. The number of rotatable bonds is 5. The molecule has 18 heavy (non-hydrogen) atoms. The maximum atomic E-state index is 6.02. The molecule has 6 nitrogen and oxygen atoms in total. The zero-order valence-electron chi connectivity index (χ0n) is 9.69. The van der Waals surface area contributed by atoms with E-state index in [2.05, 4.69) is 9.97 Å². The minimum absolute atomic E-state index is 0.101. The van der Waals surface area contributed by atoms with Crippen molar-refractivity contribution >= 4 is 23.2 Å². The van der Waals surface area contributed by atoms with Crippen LogP contribution in [-0.4, -0.2) is 43.5 Å². The fourth-order valence-electron chi connectivity index (χ4n) is 1.40. The molecule has 100 valence electrons. The summed E-state index contributed by atoms with van der Waals surface area (Å²) >= 11 is 12.0. The smallest absolute Gasteiger partial charge is 0.319 e. The Bertz CT molecular complexity index is 390. The number of nitrogens with zero attached hydrogens (tertiary/aromatic N) is 2. The second kappa shape index (κ2) is 6.49. The van der Waals surface area contributed by atoms with Gasteiger partial charge in [0.2, 0.25) is 0 Å². The first kappa shape index (κ1) is 13.8. The topological polar surface area (TPSA) is 62.7 Å². The first-order valence-corrected chi connectivity index (χ1v) is 6.06. The standard InChI is InChI=1S/C10H12Cl2N2O4/c1-15-2-3-18-10-13-7(11)6(8(12)14-10)9-16-4-5-17-9/h9H,2-5H2,1H3. The number of halogens is 2. The third kappa shape index (κ3) is 3.21. The van der Waals surface area contributed by atoms with E-state index in [1.807, 2.05) is 0 Å². The van der Waals surface area contributed by atoms with E-state index in [0.29, 0.717) is 32.0 Å². The molecule has 1 aromatic heterocycles. The van der Waals surface area contributed by atoms with Crippen LogP contribution in [0.4, 0.5) is 0 Å². The van der Waals surface area contributed by atoms with E-state index in [1.165, 1.54) is 0 Å². The predicted molar refractivity (Wildman–Crippen MR) is 64.1 cm³/mol. The fraction of sp³-hybridized carbons (Fsp3) is 0.600. The van der Waals surface area contributed by atoms with Crippen LogP contribution in [0.15, 0.2) is 0 Å². The Morgan fingerprint density at radius 2 is 1.78 bits per heavy atom. The summed E-state index contributed by atoms with van der Waals surface area (Å²) in [6.45, 7) is 1.72. The molecule has 1 aliphatic heterocycles. The van der Waals surface area contributed by atoms with Gasteiger partial charge in [-0.25, -0.2) is 0 Å². The van der Waals surface area contributed by atoms with Gasteiger partial charge in [0.15, 0.2) is 6.29 Å². The SMILES string of the molecule is COCCOc1nc(Cl)c(C2OCCO2)c(Cl)n1. The van der Waals surface area contributed by atoms with Gasteiger partial charge in [0.25, 0.3) is 0 Å². The zero-order valence-corrected chi connectivity index (χ0v) is 11.2. The van der Waals surface area contributed by atoms with Crippen molar-refractivity contribution in [2.24, 2.45) is 0 Å². The van der Waals surface area contributed by atoms with Crippen LogP contribution in [0.1, 0.15) is 11.9 Å². The molecule has 0 aromatic carbocycles. The largest absolute Gasteiger partial charge is 0.461 e. The molecule has 0 unspecified atom stereocenters. The molecule has 1 aliphatic rings. The highest BCUT2D eigenvalue weighted by Gasteiger charge is 2.26. The van der Waals surface area contributed by atoms with E-state index in [4.69, 9.17) is 42.1 Å². The lowest BCUT2D eigenvalue weighted by Gasteiger charge is -2.13. The van der Waals surface area contributed by atoms with E-state index in [-0.39, 0.29) is 16.3 Å². The minimum Gasteiger partial charge on any atom is -0.461 e. The average molecular weight is 295 g/mol. The van der Waals surface area contributed by atoms with E-state index in [0.717, 1.165) is 0 Å². The lowest BCUT2D eigenvalue weighted by atomic mass is 10.3. The van der Waals surface area contributed by atoms with Crippen LogP contribution < -0.4 is 4.74 Å². The van der Waals surface area contributed by atoms with Crippen LogP contribution in [0.5, 0.6) is 6.01 Å². The molecule has 1 fully saturated rings. The number of hydrogen-bond acceptors (Lipinski definition) is 6. The van der Waals surface area contributed by atoms with E-state index in [1.54, 1.807) is 7.11 Å². The van der Waals surface area contributed by atoms with Crippen LogP contribution in [-0.2, 0) is 14.2 Å².